The molecule has 3 aromatic heterocycles. The van der Waals surface area contributed by atoms with Gasteiger partial charge in [-0.1, -0.05) is 24.3 Å². The van der Waals surface area contributed by atoms with Crippen molar-refractivity contribution in [1.29, 1.82) is 0 Å². The predicted octanol–water partition coefficient (Wildman–Crippen LogP) is 4.29. The largest absolute Gasteiger partial charge is 0.417 e. The van der Waals surface area contributed by atoms with Crippen LogP contribution >= 0.6 is 0 Å². The van der Waals surface area contributed by atoms with Crippen LogP contribution in [0.5, 0.6) is 0 Å². The lowest BCUT2D eigenvalue weighted by atomic mass is 10.1. The number of carbonyl (C=O) groups excluding carboxylic acids is 1. The molecular formula is C19H12F3N5O. The van der Waals surface area contributed by atoms with Crippen LogP contribution in [0, 0.1) is 0 Å². The Morgan fingerprint density at radius 2 is 1.82 bits per heavy atom. The summed E-state index contributed by atoms with van der Waals surface area (Å²) in [5, 5.41) is 2.61. The number of hydrogen-bond acceptors (Lipinski definition) is 4. The van der Waals surface area contributed by atoms with Gasteiger partial charge in [-0.3, -0.25) is 9.78 Å². The quantitative estimate of drug-likeness (QED) is 0.553. The van der Waals surface area contributed by atoms with E-state index < -0.39 is 17.6 Å². The Morgan fingerprint density at radius 3 is 2.57 bits per heavy atom. The van der Waals surface area contributed by atoms with Crippen molar-refractivity contribution in [2.24, 2.45) is 0 Å². The van der Waals surface area contributed by atoms with Crippen LogP contribution in [0.1, 0.15) is 15.9 Å². The van der Waals surface area contributed by atoms with E-state index in [0.29, 0.717) is 11.3 Å². The van der Waals surface area contributed by atoms with Crippen molar-refractivity contribution in [2.75, 3.05) is 5.32 Å². The number of pyridine rings is 2. The fourth-order valence-electron chi connectivity index (χ4n) is 2.78. The SMILES string of the molecule is O=C(Nc1ccccn1)c1cncc2[nH]c(-c3ccccc3C(F)(F)F)nc12. The molecule has 0 saturated heterocycles. The summed E-state index contributed by atoms with van der Waals surface area (Å²) in [6, 6.07) is 10.1. The Hall–Kier alpha value is -3.75. The number of aromatic amines is 1. The molecular weight excluding hydrogens is 371 g/mol. The highest BCUT2D eigenvalue weighted by molar-refractivity contribution is 6.11. The second-order valence-corrected chi connectivity index (χ2v) is 5.88. The van der Waals surface area contributed by atoms with Gasteiger partial charge in [-0.2, -0.15) is 13.2 Å². The van der Waals surface area contributed by atoms with Gasteiger partial charge >= 0.3 is 6.18 Å². The van der Waals surface area contributed by atoms with Gasteiger partial charge in [0, 0.05) is 18.0 Å². The average molecular weight is 383 g/mol. The zero-order valence-electron chi connectivity index (χ0n) is 14.2. The highest BCUT2D eigenvalue weighted by Crippen LogP contribution is 2.36. The average Bonchev–Trinajstić information content (AvgIpc) is 3.12. The number of nitrogens with zero attached hydrogens (tertiary/aromatic N) is 3. The minimum atomic E-state index is -4.53. The molecule has 0 aliphatic heterocycles. The Bertz CT molecular complexity index is 1160. The van der Waals surface area contributed by atoms with Crippen LogP contribution in [0.15, 0.2) is 61.1 Å². The molecule has 0 radical (unpaired) electrons. The molecule has 6 nitrogen and oxygen atoms in total. The lowest BCUT2D eigenvalue weighted by Crippen LogP contribution is -2.13. The topological polar surface area (TPSA) is 83.6 Å². The molecule has 0 atom stereocenters. The van der Waals surface area contributed by atoms with Gasteiger partial charge in [0.2, 0.25) is 0 Å². The minimum Gasteiger partial charge on any atom is -0.337 e. The third-order valence-corrected chi connectivity index (χ3v) is 4.03. The molecule has 1 amide bonds. The molecule has 0 unspecified atom stereocenters. The molecule has 0 aliphatic carbocycles. The number of imidazole rings is 1. The first-order chi connectivity index (χ1) is 13.4. The molecule has 28 heavy (non-hydrogen) atoms. The third kappa shape index (κ3) is 3.29. The van der Waals surface area contributed by atoms with Crippen molar-refractivity contribution < 1.29 is 18.0 Å². The van der Waals surface area contributed by atoms with Crippen LogP contribution in [0.4, 0.5) is 19.0 Å². The van der Waals surface area contributed by atoms with E-state index in [0.717, 1.165) is 6.07 Å². The van der Waals surface area contributed by atoms with Gasteiger partial charge in [-0.05, 0) is 18.2 Å². The first-order valence-corrected chi connectivity index (χ1v) is 8.16. The zero-order chi connectivity index (χ0) is 19.7. The maximum Gasteiger partial charge on any atom is 0.417 e. The number of rotatable bonds is 3. The fourth-order valence-corrected chi connectivity index (χ4v) is 2.78. The Kier molecular flexibility index (Phi) is 4.26. The number of benzene rings is 1. The molecule has 140 valence electrons. The molecule has 0 saturated carbocycles. The smallest absolute Gasteiger partial charge is 0.337 e. The number of nitrogens with one attached hydrogen (secondary N) is 2. The van der Waals surface area contributed by atoms with Crippen molar-refractivity contribution in [2.45, 2.75) is 6.18 Å². The first kappa shape index (κ1) is 17.7. The standard InChI is InChI=1S/C19H12F3N5O/c20-19(21,22)13-6-2-1-5-11(13)17-25-14-10-23-9-12(16(14)27-17)18(28)26-15-7-3-4-8-24-15/h1-10H,(H,25,27)(H,24,26,28). The van der Waals surface area contributed by atoms with E-state index >= 15 is 0 Å². The van der Waals surface area contributed by atoms with Crippen LogP contribution in [0.25, 0.3) is 22.4 Å². The van der Waals surface area contributed by atoms with Crippen LogP contribution in [-0.2, 0) is 6.18 Å². The van der Waals surface area contributed by atoms with Crippen molar-refractivity contribution in [3.8, 4) is 11.4 Å². The summed E-state index contributed by atoms with van der Waals surface area (Å²) < 4.78 is 39.9. The Balaban J connectivity index is 1.78. The summed E-state index contributed by atoms with van der Waals surface area (Å²) in [4.78, 5) is 27.6. The number of amides is 1. The summed E-state index contributed by atoms with van der Waals surface area (Å²) in [6.07, 6.45) is -0.303. The molecule has 3 heterocycles. The second-order valence-electron chi connectivity index (χ2n) is 5.88. The van der Waals surface area contributed by atoms with Crippen molar-refractivity contribution >= 4 is 22.8 Å². The summed E-state index contributed by atoms with van der Waals surface area (Å²) in [5.41, 5.74) is -0.241. The normalized spacial score (nSPS) is 11.5. The van der Waals surface area contributed by atoms with E-state index in [1.807, 2.05) is 0 Å². The number of alkyl halides is 3. The van der Waals surface area contributed by atoms with Crippen molar-refractivity contribution in [3.05, 3.63) is 72.2 Å². The summed E-state index contributed by atoms with van der Waals surface area (Å²) >= 11 is 0. The number of H-pyrrole nitrogens is 1. The van der Waals surface area contributed by atoms with E-state index in [-0.39, 0.29) is 22.5 Å². The highest BCUT2D eigenvalue weighted by atomic mass is 19.4. The molecule has 2 N–H and O–H groups in total. The van der Waals surface area contributed by atoms with Gasteiger partial charge in [0.05, 0.1) is 22.8 Å². The number of hydrogen-bond donors (Lipinski definition) is 2. The van der Waals surface area contributed by atoms with Crippen molar-refractivity contribution in [3.63, 3.8) is 0 Å². The Morgan fingerprint density at radius 1 is 1.04 bits per heavy atom. The number of halogens is 3. The summed E-state index contributed by atoms with van der Waals surface area (Å²) in [6.45, 7) is 0. The zero-order valence-corrected chi connectivity index (χ0v) is 14.2. The van der Waals surface area contributed by atoms with Crippen LogP contribution in [0.3, 0.4) is 0 Å². The fraction of sp³-hybridized carbons (Fsp3) is 0.0526. The molecule has 0 bridgehead atoms. The molecule has 1 aromatic carbocycles. The molecule has 0 spiro atoms. The molecule has 0 aliphatic rings. The van der Waals surface area contributed by atoms with E-state index in [4.69, 9.17) is 0 Å². The monoisotopic (exact) mass is 383 g/mol. The number of aromatic nitrogens is 4. The summed E-state index contributed by atoms with van der Waals surface area (Å²) in [7, 11) is 0. The minimum absolute atomic E-state index is 0.00260. The van der Waals surface area contributed by atoms with Gasteiger partial charge < -0.3 is 10.3 Å². The maximum absolute atomic E-state index is 13.3. The third-order valence-electron chi connectivity index (χ3n) is 4.03. The lowest BCUT2D eigenvalue weighted by molar-refractivity contribution is -0.137. The number of anilines is 1. The molecule has 0 fully saturated rings. The van der Waals surface area contributed by atoms with Gasteiger partial charge in [0.1, 0.15) is 17.2 Å². The number of fused-ring (bicyclic) bond motifs is 1. The predicted molar refractivity (Wildman–Crippen MR) is 96.5 cm³/mol. The van der Waals surface area contributed by atoms with E-state index in [1.54, 1.807) is 18.2 Å². The van der Waals surface area contributed by atoms with E-state index in [9.17, 15) is 18.0 Å². The number of carbonyl (C=O) groups is 1. The summed E-state index contributed by atoms with van der Waals surface area (Å²) in [5.74, 6) is -0.176. The molecule has 4 rings (SSSR count). The second kappa shape index (κ2) is 6.76. The van der Waals surface area contributed by atoms with Gasteiger partial charge in [-0.25, -0.2) is 9.97 Å². The van der Waals surface area contributed by atoms with Gasteiger partial charge in [-0.15, -0.1) is 0 Å². The Labute approximate surface area is 156 Å². The van der Waals surface area contributed by atoms with Gasteiger partial charge in [0.15, 0.2) is 0 Å². The van der Waals surface area contributed by atoms with Crippen LogP contribution in [0.2, 0.25) is 0 Å². The van der Waals surface area contributed by atoms with Gasteiger partial charge in [0.25, 0.3) is 5.91 Å². The highest BCUT2D eigenvalue weighted by Gasteiger charge is 2.34. The van der Waals surface area contributed by atoms with Crippen LogP contribution in [-0.4, -0.2) is 25.8 Å². The maximum atomic E-state index is 13.3. The molecule has 9 heteroatoms. The first-order valence-electron chi connectivity index (χ1n) is 8.16. The van der Waals surface area contributed by atoms with Crippen molar-refractivity contribution in [1.82, 2.24) is 19.9 Å². The van der Waals surface area contributed by atoms with E-state index in [2.05, 4.69) is 25.3 Å². The lowest BCUT2D eigenvalue weighted by Gasteiger charge is -2.10. The molecule has 4 aromatic rings. The van der Waals surface area contributed by atoms with E-state index in [1.165, 1.54) is 36.8 Å². The van der Waals surface area contributed by atoms with Crippen LogP contribution < -0.4 is 5.32 Å².